The summed E-state index contributed by atoms with van der Waals surface area (Å²) in [5.74, 6) is -1.05. The van der Waals surface area contributed by atoms with E-state index < -0.39 is 12.6 Å². The normalized spacial score (nSPS) is 11.0. The molecule has 4 nitrogen and oxygen atoms in total. The molecule has 0 fully saturated rings. The molecule has 0 bridgehead atoms. The third-order valence-electron chi connectivity index (χ3n) is 2.95. The summed E-state index contributed by atoms with van der Waals surface area (Å²) in [6.07, 6.45) is 1.61. The minimum atomic E-state index is -1.14. The second-order valence-corrected chi connectivity index (χ2v) is 5.92. The van der Waals surface area contributed by atoms with Crippen LogP contribution in [0.5, 0.6) is 5.75 Å². The summed E-state index contributed by atoms with van der Waals surface area (Å²) < 4.78 is 5.05. The number of hydrogen-bond acceptors (Lipinski definition) is 3. The standard InChI is InChI=1S/C17H10Cl3NO3/c18-13-3-1-11(2-4-13)12(8-21)5-10-6-14(19)17(15(20)7-10)24-9-16(22)23/h1-7H,9H2,(H,22,23). The third kappa shape index (κ3) is 4.65. The van der Waals surface area contributed by atoms with E-state index >= 15 is 0 Å². The molecule has 0 saturated heterocycles. The molecule has 0 heterocycles. The molecule has 2 aromatic rings. The van der Waals surface area contributed by atoms with Crippen LogP contribution < -0.4 is 4.74 Å². The van der Waals surface area contributed by atoms with Gasteiger partial charge in [-0.25, -0.2) is 4.79 Å². The molecule has 0 radical (unpaired) electrons. The number of allylic oxidation sites excluding steroid dienone is 1. The van der Waals surface area contributed by atoms with Crippen LogP contribution in [0.3, 0.4) is 0 Å². The molecule has 2 aromatic carbocycles. The van der Waals surface area contributed by atoms with Crippen LogP contribution in [0.25, 0.3) is 11.6 Å². The molecule has 0 aliphatic heterocycles. The van der Waals surface area contributed by atoms with Crippen molar-refractivity contribution in [1.29, 1.82) is 5.26 Å². The molecule has 24 heavy (non-hydrogen) atoms. The molecular formula is C17H10Cl3NO3. The number of rotatable bonds is 5. The lowest BCUT2D eigenvalue weighted by Gasteiger charge is -2.09. The van der Waals surface area contributed by atoms with Crippen LogP contribution in [-0.4, -0.2) is 17.7 Å². The van der Waals surface area contributed by atoms with Crippen molar-refractivity contribution >= 4 is 52.4 Å². The van der Waals surface area contributed by atoms with Crippen LogP contribution in [0, 0.1) is 11.3 Å². The lowest BCUT2D eigenvalue weighted by Crippen LogP contribution is -2.10. The van der Waals surface area contributed by atoms with E-state index in [0.717, 1.165) is 0 Å². The lowest BCUT2D eigenvalue weighted by atomic mass is 10.0. The SMILES string of the molecule is N#CC(=Cc1cc(Cl)c(OCC(=O)O)c(Cl)c1)c1ccc(Cl)cc1. The molecule has 0 spiro atoms. The van der Waals surface area contributed by atoms with Gasteiger partial charge in [0, 0.05) is 5.02 Å². The largest absolute Gasteiger partial charge is 0.479 e. The number of nitriles is 1. The average molecular weight is 383 g/mol. The Labute approximate surface area is 153 Å². The maximum Gasteiger partial charge on any atom is 0.341 e. The van der Waals surface area contributed by atoms with E-state index in [1.54, 1.807) is 30.3 Å². The van der Waals surface area contributed by atoms with Crippen molar-refractivity contribution in [2.24, 2.45) is 0 Å². The summed E-state index contributed by atoms with van der Waals surface area (Å²) in [4.78, 5) is 10.6. The summed E-state index contributed by atoms with van der Waals surface area (Å²) in [5, 5.41) is 18.9. The van der Waals surface area contributed by atoms with Gasteiger partial charge in [0.25, 0.3) is 0 Å². The van der Waals surface area contributed by atoms with Gasteiger partial charge in [0.2, 0.25) is 0 Å². The molecule has 2 rings (SSSR count). The molecule has 0 aromatic heterocycles. The van der Waals surface area contributed by atoms with Gasteiger partial charge in [-0.3, -0.25) is 0 Å². The third-order valence-corrected chi connectivity index (χ3v) is 3.76. The monoisotopic (exact) mass is 381 g/mol. The number of nitrogens with zero attached hydrogens (tertiary/aromatic N) is 1. The van der Waals surface area contributed by atoms with Gasteiger partial charge in [-0.1, -0.05) is 46.9 Å². The van der Waals surface area contributed by atoms with Crippen molar-refractivity contribution in [3.05, 3.63) is 62.6 Å². The number of hydrogen-bond donors (Lipinski definition) is 1. The van der Waals surface area contributed by atoms with Crippen molar-refractivity contribution in [1.82, 2.24) is 0 Å². The van der Waals surface area contributed by atoms with Gasteiger partial charge in [-0.2, -0.15) is 5.26 Å². The van der Waals surface area contributed by atoms with Gasteiger partial charge in [0.1, 0.15) is 0 Å². The minimum absolute atomic E-state index is 0.0860. The zero-order valence-electron chi connectivity index (χ0n) is 12.1. The molecule has 7 heteroatoms. The molecule has 0 aliphatic carbocycles. The van der Waals surface area contributed by atoms with Crippen molar-refractivity contribution in [2.45, 2.75) is 0 Å². The predicted octanol–water partition coefficient (Wildman–Crippen LogP) is 5.17. The zero-order valence-corrected chi connectivity index (χ0v) is 14.4. The number of aliphatic carboxylic acids is 1. The van der Waals surface area contributed by atoms with Gasteiger partial charge in [-0.05, 0) is 41.5 Å². The van der Waals surface area contributed by atoms with Crippen molar-refractivity contribution in [2.75, 3.05) is 6.61 Å². The lowest BCUT2D eigenvalue weighted by molar-refractivity contribution is -0.139. The molecule has 0 unspecified atom stereocenters. The predicted molar refractivity (Wildman–Crippen MR) is 94.5 cm³/mol. The first kappa shape index (κ1) is 18.2. The Morgan fingerprint density at radius 2 is 1.75 bits per heavy atom. The fourth-order valence-electron chi connectivity index (χ4n) is 1.91. The van der Waals surface area contributed by atoms with Crippen molar-refractivity contribution in [3.8, 4) is 11.8 Å². The molecule has 122 valence electrons. The van der Waals surface area contributed by atoms with Gasteiger partial charge in [-0.15, -0.1) is 0 Å². The Morgan fingerprint density at radius 3 is 2.25 bits per heavy atom. The topological polar surface area (TPSA) is 70.3 Å². The van der Waals surface area contributed by atoms with Crippen LogP contribution in [0.1, 0.15) is 11.1 Å². The molecule has 1 N–H and O–H groups in total. The molecule has 0 saturated carbocycles. The second kappa shape index (κ2) is 8.07. The molecular weight excluding hydrogens is 373 g/mol. The highest BCUT2D eigenvalue weighted by Gasteiger charge is 2.11. The Morgan fingerprint density at radius 1 is 1.17 bits per heavy atom. The van der Waals surface area contributed by atoms with E-state index in [4.69, 9.17) is 44.6 Å². The van der Waals surface area contributed by atoms with Crippen molar-refractivity contribution in [3.63, 3.8) is 0 Å². The summed E-state index contributed by atoms with van der Waals surface area (Å²) in [6, 6.07) is 12.0. The number of halogens is 3. The summed E-state index contributed by atoms with van der Waals surface area (Å²) in [5.41, 5.74) is 1.68. The Balaban J connectivity index is 2.36. The Hall–Kier alpha value is -2.19. The number of benzene rings is 2. The molecule has 0 atom stereocenters. The highest BCUT2D eigenvalue weighted by molar-refractivity contribution is 6.37. The van der Waals surface area contributed by atoms with Crippen LogP contribution in [0.15, 0.2) is 36.4 Å². The Bertz CT molecular complexity index is 816. The maximum atomic E-state index is 10.6. The first-order valence-corrected chi connectivity index (χ1v) is 7.75. The summed E-state index contributed by atoms with van der Waals surface area (Å²) in [6.45, 7) is -0.553. The van der Waals surface area contributed by atoms with Crippen LogP contribution in [0.4, 0.5) is 0 Å². The fraction of sp³-hybridized carbons (Fsp3) is 0.0588. The first-order chi connectivity index (χ1) is 11.4. The van der Waals surface area contributed by atoms with E-state index in [-0.39, 0.29) is 15.8 Å². The number of carboxylic acids is 1. The quantitative estimate of drug-likeness (QED) is 0.572. The van der Waals surface area contributed by atoms with Gasteiger partial charge in [0.05, 0.1) is 21.7 Å². The fourth-order valence-corrected chi connectivity index (χ4v) is 2.65. The van der Waals surface area contributed by atoms with Crippen molar-refractivity contribution < 1.29 is 14.6 Å². The van der Waals surface area contributed by atoms with Crippen LogP contribution in [-0.2, 0) is 4.79 Å². The minimum Gasteiger partial charge on any atom is -0.479 e. The van der Waals surface area contributed by atoms with Gasteiger partial charge < -0.3 is 9.84 Å². The van der Waals surface area contributed by atoms with Gasteiger partial charge in [0.15, 0.2) is 12.4 Å². The highest BCUT2D eigenvalue weighted by Crippen LogP contribution is 2.35. The van der Waals surface area contributed by atoms with E-state index in [1.807, 2.05) is 0 Å². The van der Waals surface area contributed by atoms with Gasteiger partial charge >= 0.3 is 5.97 Å². The first-order valence-electron chi connectivity index (χ1n) is 6.62. The van der Waals surface area contributed by atoms with E-state index in [0.29, 0.717) is 21.7 Å². The maximum absolute atomic E-state index is 10.6. The highest BCUT2D eigenvalue weighted by atomic mass is 35.5. The zero-order chi connectivity index (χ0) is 17.7. The van der Waals surface area contributed by atoms with Crippen LogP contribution in [0.2, 0.25) is 15.1 Å². The molecule has 0 amide bonds. The van der Waals surface area contributed by atoms with E-state index in [2.05, 4.69) is 6.07 Å². The van der Waals surface area contributed by atoms with Crippen LogP contribution >= 0.6 is 34.8 Å². The Kier molecular flexibility index (Phi) is 6.10. The molecule has 0 aliphatic rings. The average Bonchev–Trinajstić information content (AvgIpc) is 2.52. The summed E-state index contributed by atoms with van der Waals surface area (Å²) in [7, 11) is 0. The van der Waals surface area contributed by atoms with E-state index in [1.165, 1.54) is 12.1 Å². The van der Waals surface area contributed by atoms with E-state index in [9.17, 15) is 10.1 Å². The smallest absolute Gasteiger partial charge is 0.341 e. The number of carboxylic acid groups (broad SMARTS) is 1. The summed E-state index contributed by atoms with van der Waals surface area (Å²) >= 11 is 18.0. The number of carbonyl (C=O) groups is 1. The second-order valence-electron chi connectivity index (χ2n) is 4.67. The number of ether oxygens (including phenoxy) is 1.